The third-order valence-corrected chi connectivity index (χ3v) is 2.01. The van der Waals surface area contributed by atoms with E-state index in [1.807, 2.05) is 6.92 Å². The van der Waals surface area contributed by atoms with E-state index in [2.05, 4.69) is 32.8 Å². The molecule has 0 saturated heterocycles. The second-order valence-electron chi connectivity index (χ2n) is 1.74. The molecule has 1 aromatic rings. The molecule has 0 aliphatic carbocycles. The summed E-state index contributed by atoms with van der Waals surface area (Å²) in [6.45, 7) is 1.95. The molecule has 0 spiro atoms. The molecule has 1 aromatic heterocycles. The zero-order valence-corrected chi connectivity index (χ0v) is 7.08. The fourth-order valence-electron chi connectivity index (χ4n) is 0.491. The van der Waals surface area contributed by atoms with E-state index in [-0.39, 0.29) is 0 Å². The molecule has 0 atom stereocenters. The molecule has 0 unspecified atom stereocenters. The molecule has 48 valence electrons. The van der Waals surface area contributed by atoms with E-state index >= 15 is 0 Å². The monoisotopic (exact) mass is 235 g/mol. The molecule has 0 bridgehead atoms. The fourth-order valence-corrected chi connectivity index (χ4v) is 0.754. The molecule has 9 heavy (non-hydrogen) atoms. The zero-order chi connectivity index (χ0) is 6.85. The fraction of sp³-hybridized carbons (Fsp3) is 0.200. The molecule has 1 heterocycles. The number of nitrogens with two attached hydrogens (primary N) is 1. The first-order chi connectivity index (χ1) is 4.20. The number of aromatic nitrogens is 2. The molecular formula is C5H6IN3. The van der Waals surface area contributed by atoms with Gasteiger partial charge in [-0.1, -0.05) is 0 Å². The number of nitrogen functional groups attached to an aromatic ring is 1. The van der Waals surface area contributed by atoms with Gasteiger partial charge >= 0.3 is 0 Å². The minimum absolute atomic E-state index is 0.480. The van der Waals surface area contributed by atoms with Crippen molar-refractivity contribution in [3.05, 3.63) is 15.3 Å². The van der Waals surface area contributed by atoms with Gasteiger partial charge in [-0.15, -0.1) is 10.2 Å². The van der Waals surface area contributed by atoms with Crippen LogP contribution in [0.2, 0.25) is 0 Å². The molecule has 0 aliphatic heterocycles. The summed E-state index contributed by atoms with van der Waals surface area (Å²) in [4.78, 5) is 0. The molecule has 0 aliphatic rings. The Labute approximate surface area is 66.8 Å². The number of halogens is 1. The largest absolute Gasteiger partial charge is 0.382 e. The van der Waals surface area contributed by atoms with Gasteiger partial charge in [0, 0.05) is 0 Å². The summed E-state index contributed by atoms with van der Waals surface area (Å²) in [6, 6.07) is 1.80. The topological polar surface area (TPSA) is 51.8 Å². The van der Waals surface area contributed by atoms with Gasteiger partial charge in [-0.25, -0.2) is 0 Å². The summed E-state index contributed by atoms with van der Waals surface area (Å²) in [5.74, 6) is 0.480. The summed E-state index contributed by atoms with van der Waals surface area (Å²) in [6.07, 6.45) is 0. The highest BCUT2D eigenvalue weighted by Gasteiger charge is 1.94. The second-order valence-corrected chi connectivity index (χ2v) is 2.76. The second kappa shape index (κ2) is 2.47. The third-order valence-electron chi connectivity index (χ3n) is 0.943. The van der Waals surface area contributed by atoms with Gasteiger partial charge < -0.3 is 5.73 Å². The van der Waals surface area contributed by atoms with Gasteiger partial charge in [0.05, 0.1) is 0 Å². The SMILES string of the molecule is Cc1cc(N)nnc1I. The van der Waals surface area contributed by atoms with Gasteiger partial charge in [0.2, 0.25) is 0 Å². The number of aryl methyl sites for hydroxylation is 1. The highest BCUT2D eigenvalue weighted by atomic mass is 127. The van der Waals surface area contributed by atoms with Crippen molar-refractivity contribution in [2.75, 3.05) is 5.73 Å². The van der Waals surface area contributed by atoms with Crippen LogP contribution in [0.1, 0.15) is 5.56 Å². The molecule has 0 fully saturated rings. The van der Waals surface area contributed by atoms with E-state index < -0.39 is 0 Å². The van der Waals surface area contributed by atoms with Gasteiger partial charge in [-0.2, -0.15) is 0 Å². The van der Waals surface area contributed by atoms with Crippen LogP contribution in [0.25, 0.3) is 0 Å². The number of hydrogen-bond acceptors (Lipinski definition) is 3. The summed E-state index contributed by atoms with van der Waals surface area (Å²) in [7, 11) is 0. The molecule has 1 rings (SSSR count). The van der Waals surface area contributed by atoms with Crippen molar-refractivity contribution < 1.29 is 0 Å². The van der Waals surface area contributed by atoms with E-state index in [1.54, 1.807) is 6.07 Å². The maximum Gasteiger partial charge on any atom is 0.146 e. The lowest BCUT2D eigenvalue weighted by Crippen LogP contribution is -1.96. The molecule has 0 aromatic carbocycles. The first-order valence-corrected chi connectivity index (χ1v) is 3.53. The van der Waals surface area contributed by atoms with Gasteiger partial charge in [0.15, 0.2) is 0 Å². The Morgan fingerprint density at radius 1 is 1.56 bits per heavy atom. The Morgan fingerprint density at radius 2 is 2.22 bits per heavy atom. The minimum atomic E-state index is 0.480. The standard InChI is InChI=1S/C5H6IN3/c1-3-2-4(7)8-9-5(3)6/h2H,1H3,(H2,7,8). The Bertz CT molecular complexity index is 223. The average molecular weight is 235 g/mol. The first kappa shape index (κ1) is 6.73. The third kappa shape index (κ3) is 1.51. The number of rotatable bonds is 0. The van der Waals surface area contributed by atoms with E-state index in [4.69, 9.17) is 5.73 Å². The molecule has 0 radical (unpaired) electrons. The van der Waals surface area contributed by atoms with Crippen LogP contribution < -0.4 is 5.73 Å². The van der Waals surface area contributed by atoms with Gasteiger partial charge in [0.1, 0.15) is 9.52 Å². The van der Waals surface area contributed by atoms with Crippen molar-refractivity contribution in [1.82, 2.24) is 10.2 Å². The van der Waals surface area contributed by atoms with Crippen LogP contribution in [0.15, 0.2) is 6.07 Å². The van der Waals surface area contributed by atoms with Gasteiger partial charge in [0.25, 0.3) is 0 Å². The maximum absolute atomic E-state index is 5.35. The smallest absolute Gasteiger partial charge is 0.146 e. The Balaban J connectivity index is 3.17. The Kier molecular flexibility index (Phi) is 1.84. The lowest BCUT2D eigenvalue weighted by molar-refractivity contribution is 0.994. The van der Waals surface area contributed by atoms with Crippen LogP contribution in [-0.4, -0.2) is 10.2 Å². The Hall–Kier alpha value is -0.390. The molecule has 4 heteroatoms. The predicted molar refractivity (Wildman–Crippen MR) is 43.9 cm³/mol. The predicted octanol–water partition coefficient (Wildman–Crippen LogP) is 0.972. The van der Waals surface area contributed by atoms with Crippen molar-refractivity contribution in [3.63, 3.8) is 0 Å². The summed E-state index contributed by atoms with van der Waals surface area (Å²) >= 11 is 2.11. The van der Waals surface area contributed by atoms with Crippen LogP contribution >= 0.6 is 22.6 Å². The van der Waals surface area contributed by atoms with Gasteiger partial charge in [-0.05, 0) is 41.1 Å². The van der Waals surface area contributed by atoms with E-state index in [0.717, 1.165) is 9.26 Å². The van der Waals surface area contributed by atoms with Crippen molar-refractivity contribution in [1.29, 1.82) is 0 Å². The highest BCUT2D eigenvalue weighted by Crippen LogP contribution is 2.07. The minimum Gasteiger partial charge on any atom is -0.382 e. The van der Waals surface area contributed by atoms with Crippen LogP contribution in [0.3, 0.4) is 0 Å². The van der Waals surface area contributed by atoms with E-state index in [1.165, 1.54) is 0 Å². The number of nitrogens with zero attached hydrogens (tertiary/aromatic N) is 2. The van der Waals surface area contributed by atoms with Gasteiger partial charge in [-0.3, -0.25) is 0 Å². The maximum atomic E-state index is 5.35. The lowest BCUT2D eigenvalue weighted by atomic mass is 10.3. The normalized spacial score (nSPS) is 9.56. The van der Waals surface area contributed by atoms with Crippen LogP contribution in [0, 0.1) is 10.6 Å². The van der Waals surface area contributed by atoms with Crippen LogP contribution in [0.5, 0.6) is 0 Å². The molecule has 3 nitrogen and oxygen atoms in total. The quantitative estimate of drug-likeness (QED) is 0.681. The summed E-state index contributed by atoms with van der Waals surface area (Å²) in [5.41, 5.74) is 6.42. The number of hydrogen-bond donors (Lipinski definition) is 1. The first-order valence-electron chi connectivity index (χ1n) is 2.45. The van der Waals surface area contributed by atoms with Crippen LogP contribution in [0.4, 0.5) is 5.82 Å². The average Bonchev–Trinajstić information content (AvgIpc) is 1.80. The molecular weight excluding hydrogens is 229 g/mol. The summed E-state index contributed by atoms with van der Waals surface area (Å²) in [5, 5.41) is 7.45. The lowest BCUT2D eigenvalue weighted by Gasteiger charge is -1.94. The molecule has 0 saturated carbocycles. The molecule has 2 N–H and O–H groups in total. The highest BCUT2D eigenvalue weighted by molar-refractivity contribution is 14.1. The van der Waals surface area contributed by atoms with E-state index in [9.17, 15) is 0 Å². The van der Waals surface area contributed by atoms with E-state index in [0.29, 0.717) is 5.82 Å². The zero-order valence-electron chi connectivity index (χ0n) is 4.93. The summed E-state index contributed by atoms with van der Waals surface area (Å²) < 4.78 is 0.904. The van der Waals surface area contributed by atoms with Crippen molar-refractivity contribution in [2.24, 2.45) is 0 Å². The van der Waals surface area contributed by atoms with Crippen molar-refractivity contribution >= 4 is 28.4 Å². The van der Waals surface area contributed by atoms with Crippen LogP contribution in [-0.2, 0) is 0 Å². The van der Waals surface area contributed by atoms with Crippen molar-refractivity contribution in [2.45, 2.75) is 6.92 Å². The number of anilines is 1. The Morgan fingerprint density at radius 3 is 2.67 bits per heavy atom. The van der Waals surface area contributed by atoms with Crippen molar-refractivity contribution in [3.8, 4) is 0 Å². The molecule has 0 amide bonds.